The molecule has 1 aliphatic rings. The van der Waals surface area contributed by atoms with Crippen LogP contribution in [0.5, 0.6) is 0 Å². The van der Waals surface area contributed by atoms with E-state index in [2.05, 4.69) is 11.7 Å². The molecule has 160 valence electrons. The molecule has 0 bridgehead atoms. The number of nitrogens with one attached hydrogen (secondary N) is 1. The van der Waals surface area contributed by atoms with Gasteiger partial charge in [-0.1, -0.05) is 6.58 Å². The van der Waals surface area contributed by atoms with Gasteiger partial charge < -0.3 is 4.90 Å². The van der Waals surface area contributed by atoms with Crippen molar-refractivity contribution in [2.75, 3.05) is 11.4 Å². The quantitative estimate of drug-likeness (QED) is 0.532. The molecule has 14 heteroatoms. The fourth-order valence-corrected chi connectivity index (χ4v) is 3.27. The minimum atomic E-state index is -4.32. The highest BCUT2D eigenvalue weighted by molar-refractivity contribution is 7.92. The molecule has 1 fully saturated rings. The Labute approximate surface area is 167 Å². The Kier molecular flexibility index (Phi) is 5.06. The lowest BCUT2D eigenvalue weighted by Crippen LogP contribution is -2.64. The Bertz CT molecular complexity index is 1150. The summed E-state index contributed by atoms with van der Waals surface area (Å²) in [7, 11) is -4.32. The number of sulfonamides is 1. The molecule has 1 amide bonds. The number of nitrogens with zero attached hydrogens (tertiary/aromatic N) is 4. The summed E-state index contributed by atoms with van der Waals surface area (Å²) in [4.78, 5) is 24.0. The number of hydrogen-bond donors (Lipinski definition) is 1. The molecular formula is C16H14F3N5O5S. The number of rotatable bonds is 6. The van der Waals surface area contributed by atoms with Crippen LogP contribution in [0, 0.1) is 15.9 Å². The minimum absolute atomic E-state index is 0.0301. The van der Waals surface area contributed by atoms with Crippen LogP contribution in [0.2, 0.25) is 0 Å². The molecule has 1 N–H and O–H groups in total. The number of alkyl halides is 2. The summed E-state index contributed by atoms with van der Waals surface area (Å²) in [5, 5.41) is 15.9. The molecule has 0 radical (unpaired) electrons. The number of halogens is 3. The maximum Gasteiger partial charge on any atom is 0.344 e. The second-order valence-electron chi connectivity index (χ2n) is 6.37. The van der Waals surface area contributed by atoms with Crippen molar-refractivity contribution in [3.63, 3.8) is 0 Å². The van der Waals surface area contributed by atoms with Gasteiger partial charge in [0.15, 0.2) is 0 Å². The number of hydrogen-bond acceptors (Lipinski definition) is 7. The number of benzene rings is 1. The second-order valence-corrected chi connectivity index (χ2v) is 8.00. The summed E-state index contributed by atoms with van der Waals surface area (Å²) < 4.78 is 66.3. The highest BCUT2D eigenvalue weighted by Gasteiger charge is 2.55. The first kappa shape index (κ1) is 21.3. The van der Waals surface area contributed by atoms with Crippen LogP contribution in [-0.4, -0.2) is 47.5 Å². The molecule has 10 nitrogen and oxygen atoms in total. The van der Waals surface area contributed by atoms with Crippen molar-refractivity contribution in [2.45, 2.75) is 18.9 Å². The third-order valence-electron chi connectivity index (χ3n) is 4.49. The molecule has 0 aliphatic carbocycles. The van der Waals surface area contributed by atoms with Gasteiger partial charge in [-0.05, 0) is 31.2 Å². The normalized spacial score (nSPS) is 17.9. The first-order valence-corrected chi connectivity index (χ1v) is 9.80. The van der Waals surface area contributed by atoms with Crippen molar-refractivity contribution in [2.24, 2.45) is 0 Å². The van der Waals surface area contributed by atoms with Crippen molar-refractivity contribution >= 4 is 27.4 Å². The molecule has 2 aromatic rings. The Morgan fingerprint density at radius 2 is 2.00 bits per heavy atom. The van der Waals surface area contributed by atoms with E-state index in [4.69, 9.17) is 0 Å². The Morgan fingerprint density at radius 3 is 2.47 bits per heavy atom. The van der Waals surface area contributed by atoms with Gasteiger partial charge in [0, 0.05) is 5.41 Å². The van der Waals surface area contributed by atoms with Crippen molar-refractivity contribution in [1.82, 2.24) is 14.5 Å². The van der Waals surface area contributed by atoms with E-state index >= 15 is 0 Å². The highest BCUT2D eigenvalue weighted by Crippen LogP contribution is 2.44. The molecule has 1 aromatic carbocycles. The zero-order valence-electron chi connectivity index (χ0n) is 15.3. The predicted octanol–water partition coefficient (Wildman–Crippen LogP) is 1.97. The number of carbonyl (C=O) groups is 1. The van der Waals surface area contributed by atoms with E-state index in [-0.39, 0.29) is 5.69 Å². The zero-order chi connectivity index (χ0) is 22.4. The first-order chi connectivity index (χ1) is 13.9. The van der Waals surface area contributed by atoms with Crippen LogP contribution in [0.4, 0.5) is 24.7 Å². The molecule has 1 saturated heterocycles. The lowest BCUT2D eigenvalue weighted by Gasteiger charge is -2.46. The van der Waals surface area contributed by atoms with Gasteiger partial charge in [0.05, 0.1) is 23.2 Å². The molecule has 1 atom stereocenters. The Morgan fingerprint density at radius 1 is 1.40 bits per heavy atom. The van der Waals surface area contributed by atoms with Gasteiger partial charge in [0.1, 0.15) is 5.82 Å². The number of nitro groups is 1. The van der Waals surface area contributed by atoms with Gasteiger partial charge in [-0.25, -0.2) is 31.0 Å². The van der Waals surface area contributed by atoms with E-state index in [1.165, 1.54) is 16.9 Å². The minimum Gasteiger partial charge on any atom is -0.336 e. The Hall–Kier alpha value is -3.42. The summed E-state index contributed by atoms with van der Waals surface area (Å²) in [6, 6.07) is 2.87. The average molecular weight is 445 g/mol. The summed E-state index contributed by atoms with van der Waals surface area (Å²) in [6.07, 6.45) is 0. The molecule has 0 saturated carbocycles. The van der Waals surface area contributed by atoms with Gasteiger partial charge >= 0.3 is 5.69 Å². The third-order valence-corrected chi connectivity index (χ3v) is 5.40. The van der Waals surface area contributed by atoms with Crippen LogP contribution in [0.1, 0.15) is 17.4 Å². The largest absolute Gasteiger partial charge is 0.344 e. The van der Waals surface area contributed by atoms with E-state index in [9.17, 15) is 36.5 Å². The summed E-state index contributed by atoms with van der Waals surface area (Å²) in [5.41, 5.74) is -1.87. The molecule has 3 rings (SSSR count). The van der Waals surface area contributed by atoms with Gasteiger partial charge in [-0.3, -0.25) is 14.9 Å². The number of aromatic nitrogens is 2. The van der Waals surface area contributed by atoms with Crippen LogP contribution in [0.3, 0.4) is 0 Å². The highest BCUT2D eigenvalue weighted by atomic mass is 32.2. The second kappa shape index (κ2) is 7.12. The van der Waals surface area contributed by atoms with Crippen molar-refractivity contribution in [3.8, 4) is 5.69 Å². The first-order valence-electron chi connectivity index (χ1n) is 8.25. The standard InChI is InChI=1S/C16H14F3N5O5S/c1-3-30(28,29)21-14(25)12-13(24(26)27)15(22-8-16(18,19)9(22)2)23(20-12)11-6-4-10(17)5-7-11/h3-7,9H,1,8H2,2H3,(H,21,25)/t9-/m1/s1. The van der Waals surface area contributed by atoms with Gasteiger partial charge in [0.25, 0.3) is 21.9 Å². The molecule has 30 heavy (non-hydrogen) atoms. The predicted molar refractivity (Wildman–Crippen MR) is 98.5 cm³/mol. The van der Waals surface area contributed by atoms with Gasteiger partial charge in [0.2, 0.25) is 11.5 Å². The summed E-state index contributed by atoms with van der Waals surface area (Å²) in [6.45, 7) is 3.23. The van der Waals surface area contributed by atoms with Crippen LogP contribution in [-0.2, 0) is 10.0 Å². The molecule has 1 aliphatic heterocycles. The smallest absolute Gasteiger partial charge is 0.336 e. The van der Waals surface area contributed by atoms with Gasteiger partial charge in [-0.2, -0.15) is 5.10 Å². The fraction of sp³-hybridized carbons (Fsp3) is 0.250. The average Bonchev–Trinajstić information content (AvgIpc) is 3.06. The van der Waals surface area contributed by atoms with E-state index in [0.717, 1.165) is 28.6 Å². The fourth-order valence-electron chi connectivity index (χ4n) is 2.83. The van der Waals surface area contributed by atoms with Crippen molar-refractivity contribution in [3.05, 3.63) is 57.9 Å². The zero-order valence-corrected chi connectivity index (χ0v) is 16.1. The van der Waals surface area contributed by atoms with E-state index in [1.807, 2.05) is 0 Å². The van der Waals surface area contributed by atoms with Crippen LogP contribution in [0.15, 0.2) is 36.3 Å². The monoisotopic (exact) mass is 445 g/mol. The molecule has 2 heterocycles. The molecule has 0 unspecified atom stereocenters. The van der Waals surface area contributed by atoms with Crippen molar-refractivity contribution < 1.29 is 31.3 Å². The molecule has 0 spiro atoms. The summed E-state index contributed by atoms with van der Waals surface area (Å²) in [5.74, 6) is -5.71. The Balaban J connectivity index is 2.23. The number of amides is 1. The van der Waals surface area contributed by atoms with Crippen LogP contribution >= 0.6 is 0 Å². The SMILES string of the molecule is C=CS(=O)(=O)NC(=O)c1nn(-c2ccc(F)cc2)c(N2CC(F)(F)[C@H]2C)c1[N+](=O)[O-]. The lowest BCUT2D eigenvalue weighted by atomic mass is 10.00. The molecule has 1 aromatic heterocycles. The van der Waals surface area contributed by atoms with Crippen LogP contribution in [0.25, 0.3) is 5.69 Å². The maximum absolute atomic E-state index is 13.8. The third kappa shape index (κ3) is 3.60. The number of carbonyl (C=O) groups excluding carboxylic acids is 1. The van der Waals surface area contributed by atoms with Crippen LogP contribution < -0.4 is 9.62 Å². The maximum atomic E-state index is 13.8. The van der Waals surface area contributed by atoms with E-state index < -0.39 is 62.4 Å². The van der Waals surface area contributed by atoms with Gasteiger partial charge in [-0.15, -0.1) is 0 Å². The topological polar surface area (TPSA) is 127 Å². The number of anilines is 1. The van der Waals surface area contributed by atoms with Crippen molar-refractivity contribution in [1.29, 1.82) is 0 Å². The molecular weight excluding hydrogens is 431 g/mol. The van der Waals surface area contributed by atoms with E-state index in [0.29, 0.717) is 5.41 Å². The van der Waals surface area contributed by atoms with E-state index in [1.54, 1.807) is 0 Å². The summed E-state index contributed by atoms with van der Waals surface area (Å²) >= 11 is 0. The lowest BCUT2D eigenvalue weighted by molar-refractivity contribution is -0.384.